The van der Waals surface area contributed by atoms with Crippen molar-refractivity contribution in [2.45, 2.75) is 0 Å². The van der Waals surface area contributed by atoms with Gasteiger partial charge in [-0.15, -0.1) is 0 Å². The fraction of sp³-hybridized carbons (Fsp3) is 0. The molecule has 1 aromatic rings. The molecule has 0 aliphatic carbocycles. The summed E-state index contributed by atoms with van der Waals surface area (Å²) in [6, 6.07) is 1.74. The number of hydrogen-bond acceptors (Lipinski definition) is 2. The van der Waals surface area contributed by atoms with Crippen LogP contribution in [0.25, 0.3) is 0 Å². The number of aromatic amines is 1. The third-order valence-electron chi connectivity index (χ3n) is 0.945. The number of halogens is 1. The molecule has 0 radical (unpaired) electrons. The van der Waals surface area contributed by atoms with Gasteiger partial charge in [0.15, 0.2) is 0 Å². The molecule has 4 heteroatoms. The second-order valence-corrected chi connectivity index (χ2v) is 2.55. The Hall–Kier alpha value is -0.770. The molecule has 0 aliphatic rings. The van der Waals surface area contributed by atoms with Crippen molar-refractivity contribution >= 4 is 27.4 Å². The molecule has 5 N–H and O–H groups in total. The Bertz CT molecular complexity index is 223. The fourth-order valence-corrected chi connectivity index (χ4v) is 0.875. The van der Waals surface area contributed by atoms with E-state index in [1.165, 1.54) is 0 Å². The van der Waals surface area contributed by atoms with Crippen LogP contribution in [-0.2, 0) is 0 Å². The number of anilines is 2. The monoisotopic (exact) mass is 188 g/mol. The van der Waals surface area contributed by atoms with Gasteiger partial charge in [0, 0.05) is 0 Å². The molecule has 0 aliphatic heterocycles. The average molecular weight is 189 g/mol. The molecule has 0 spiro atoms. The normalized spacial score (nSPS) is 9.44. The second kappa shape index (κ2) is 2.23. The maximum Gasteiger partial charge on any atom is 0.284 e. The van der Waals surface area contributed by atoms with Crippen molar-refractivity contribution in [3.63, 3.8) is 0 Å². The Morgan fingerprint density at radius 3 is 2.56 bits per heavy atom. The zero-order chi connectivity index (χ0) is 6.85. The van der Waals surface area contributed by atoms with Gasteiger partial charge in [-0.05, 0) is 22.0 Å². The Labute approximate surface area is 61.2 Å². The summed E-state index contributed by atoms with van der Waals surface area (Å²) in [6.07, 6.45) is 1.64. The van der Waals surface area contributed by atoms with Crippen LogP contribution in [0, 0.1) is 0 Å². The smallest absolute Gasteiger partial charge is 0.284 e. The molecule has 0 amide bonds. The highest BCUT2D eigenvalue weighted by Gasteiger charge is 1.99. The van der Waals surface area contributed by atoms with Crippen LogP contribution in [0.1, 0.15) is 0 Å². The summed E-state index contributed by atoms with van der Waals surface area (Å²) in [5.74, 6) is 0.587. The van der Waals surface area contributed by atoms with E-state index < -0.39 is 0 Å². The number of nitrogen functional groups attached to an aromatic ring is 2. The van der Waals surface area contributed by atoms with Crippen molar-refractivity contribution < 1.29 is 4.98 Å². The zero-order valence-electron chi connectivity index (χ0n) is 4.69. The van der Waals surface area contributed by atoms with Gasteiger partial charge in [0.2, 0.25) is 0 Å². The highest BCUT2D eigenvalue weighted by molar-refractivity contribution is 9.10. The average Bonchev–Trinajstić information content (AvgIpc) is 1.80. The van der Waals surface area contributed by atoms with Crippen molar-refractivity contribution in [2.24, 2.45) is 0 Å². The van der Waals surface area contributed by atoms with Gasteiger partial charge in [0.25, 0.3) is 5.82 Å². The lowest BCUT2D eigenvalue weighted by molar-refractivity contribution is -0.360. The number of pyridine rings is 1. The molecule has 0 unspecified atom stereocenters. The molecule has 1 heterocycles. The molecule has 0 saturated heterocycles. The Kier molecular flexibility index (Phi) is 1.57. The van der Waals surface area contributed by atoms with E-state index in [1.807, 2.05) is 0 Å². The molecule has 0 bridgehead atoms. The van der Waals surface area contributed by atoms with Gasteiger partial charge in [-0.25, -0.2) is 4.98 Å². The molecule has 1 aromatic heterocycles. The van der Waals surface area contributed by atoms with Crippen LogP contribution in [0.15, 0.2) is 16.7 Å². The minimum absolute atomic E-state index is 0.587. The molecule has 1 rings (SSSR count). The molecule has 0 fully saturated rings. The first-order valence-corrected chi connectivity index (χ1v) is 3.21. The topological polar surface area (TPSA) is 66.2 Å². The lowest BCUT2D eigenvalue weighted by Gasteiger charge is -1.90. The van der Waals surface area contributed by atoms with Gasteiger partial charge >= 0.3 is 0 Å². The fourth-order valence-electron chi connectivity index (χ4n) is 0.496. The molecule has 48 valence electrons. The maximum atomic E-state index is 5.43. The summed E-state index contributed by atoms with van der Waals surface area (Å²) in [6.45, 7) is 0. The minimum Gasteiger partial charge on any atom is -0.396 e. The van der Waals surface area contributed by atoms with Crippen molar-refractivity contribution in [1.29, 1.82) is 0 Å². The number of hydrogen-bond donors (Lipinski definition) is 2. The first-order valence-electron chi connectivity index (χ1n) is 2.42. The predicted octanol–water partition coefficient (Wildman–Crippen LogP) is 0.428. The highest BCUT2D eigenvalue weighted by Crippen LogP contribution is 2.15. The highest BCUT2D eigenvalue weighted by atomic mass is 79.9. The van der Waals surface area contributed by atoms with E-state index in [-0.39, 0.29) is 0 Å². The molecule has 3 nitrogen and oxygen atoms in total. The predicted molar refractivity (Wildman–Crippen MR) is 39.5 cm³/mol. The van der Waals surface area contributed by atoms with Crippen LogP contribution in [0.4, 0.5) is 11.5 Å². The number of H-pyrrole nitrogens is 1. The molecular formula is C5H7BrN3+. The van der Waals surface area contributed by atoms with Crippen LogP contribution in [0.3, 0.4) is 0 Å². The van der Waals surface area contributed by atoms with Gasteiger partial charge in [-0.3, -0.25) is 5.73 Å². The van der Waals surface area contributed by atoms with E-state index in [1.54, 1.807) is 12.3 Å². The lowest BCUT2D eigenvalue weighted by Crippen LogP contribution is -2.10. The van der Waals surface area contributed by atoms with E-state index in [2.05, 4.69) is 20.9 Å². The van der Waals surface area contributed by atoms with Crippen molar-refractivity contribution in [2.75, 3.05) is 11.5 Å². The zero-order valence-corrected chi connectivity index (χ0v) is 6.27. The lowest BCUT2D eigenvalue weighted by atomic mass is 10.4. The summed E-state index contributed by atoms with van der Waals surface area (Å²) in [4.78, 5) is 2.77. The third-order valence-corrected chi connectivity index (χ3v) is 1.60. The summed E-state index contributed by atoms with van der Waals surface area (Å²) in [7, 11) is 0. The Morgan fingerprint density at radius 1 is 1.44 bits per heavy atom. The largest absolute Gasteiger partial charge is 0.396 e. The van der Waals surface area contributed by atoms with Crippen LogP contribution < -0.4 is 16.5 Å². The number of nitrogens with two attached hydrogens (primary N) is 2. The molecule has 0 atom stereocenters. The van der Waals surface area contributed by atoms with E-state index in [4.69, 9.17) is 11.5 Å². The van der Waals surface area contributed by atoms with Crippen LogP contribution >= 0.6 is 15.9 Å². The van der Waals surface area contributed by atoms with Gasteiger partial charge < -0.3 is 5.73 Å². The van der Waals surface area contributed by atoms with Gasteiger partial charge in [0.05, 0.1) is 5.69 Å². The SMILES string of the molecule is Nc1c[nH+]c(N)c(Br)c1. The second-order valence-electron chi connectivity index (χ2n) is 1.69. The minimum atomic E-state index is 0.587. The summed E-state index contributed by atoms with van der Waals surface area (Å²) in [5, 5.41) is 0. The van der Waals surface area contributed by atoms with Crippen LogP contribution in [0.2, 0.25) is 0 Å². The van der Waals surface area contributed by atoms with E-state index in [9.17, 15) is 0 Å². The maximum absolute atomic E-state index is 5.43. The molecule has 0 aromatic carbocycles. The Balaban J connectivity index is 3.17. The first-order chi connectivity index (χ1) is 4.20. The molecule has 9 heavy (non-hydrogen) atoms. The van der Waals surface area contributed by atoms with E-state index in [0.717, 1.165) is 4.47 Å². The van der Waals surface area contributed by atoms with E-state index >= 15 is 0 Å². The first kappa shape index (κ1) is 6.35. The van der Waals surface area contributed by atoms with E-state index in [0.29, 0.717) is 11.5 Å². The van der Waals surface area contributed by atoms with Crippen molar-refractivity contribution in [3.8, 4) is 0 Å². The van der Waals surface area contributed by atoms with Gasteiger partial charge in [0.1, 0.15) is 10.7 Å². The summed E-state index contributed by atoms with van der Waals surface area (Å²) in [5.41, 5.74) is 11.5. The number of rotatable bonds is 0. The number of aromatic nitrogens is 1. The Morgan fingerprint density at radius 2 is 2.11 bits per heavy atom. The summed E-state index contributed by atoms with van der Waals surface area (Å²) >= 11 is 3.21. The standard InChI is InChI=1S/C5H6BrN3/c6-4-1-3(7)2-9-5(4)8/h1-2H,7H2,(H2,8,9)/p+1. The number of nitrogens with one attached hydrogen (secondary N) is 1. The van der Waals surface area contributed by atoms with Crippen LogP contribution in [0.5, 0.6) is 0 Å². The van der Waals surface area contributed by atoms with Gasteiger partial charge in [-0.1, -0.05) is 0 Å². The third kappa shape index (κ3) is 1.32. The molecule has 0 saturated carbocycles. The van der Waals surface area contributed by atoms with Gasteiger partial charge in [-0.2, -0.15) is 0 Å². The summed E-state index contributed by atoms with van der Waals surface area (Å²) < 4.78 is 0.794. The van der Waals surface area contributed by atoms with Crippen LogP contribution in [-0.4, -0.2) is 0 Å². The molecular weight excluding hydrogens is 182 g/mol. The van der Waals surface area contributed by atoms with Crippen molar-refractivity contribution in [1.82, 2.24) is 0 Å². The van der Waals surface area contributed by atoms with Crippen molar-refractivity contribution in [3.05, 3.63) is 16.7 Å². The quantitative estimate of drug-likeness (QED) is 0.621.